The zero-order valence-corrected chi connectivity index (χ0v) is 13.7. The van der Waals surface area contributed by atoms with Crippen molar-refractivity contribution in [3.63, 3.8) is 0 Å². The Hall–Kier alpha value is -0.420. The molecule has 2 rings (SSSR count). The maximum Gasteiger partial charge on any atom is 0.0897 e. The minimum Gasteiger partial charge on any atom is -0.389 e. The molecule has 5 unspecified atom stereocenters. The number of hydrogen-bond donors (Lipinski definition) is 2. The van der Waals surface area contributed by atoms with Crippen LogP contribution in [0.25, 0.3) is 0 Å². The quantitative estimate of drug-likeness (QED) is 0.707. The molecule has 122 valence electrons. The van der Waals surface area contributed by atoms with E-state index in [0.717, 1.165) is 32.5 Å². The van der Waals surface area contributed by atoms with Gasteiger partial charge in [-0.25, -0.2) is 0 Å². The summed E-state index contributed by atoms with van der Waals surface area (Å²) in [6.07, 6.45) is 7.48. The lowest BCUT2D eigenvalue weighted by molar-refractivity contribution is 0.00733. The summed E-state index contributed by atoms with van der Waals surface area (Å²) < 4.78 is 11.3. The third-order valence-corrected chi connectivity index (χ3v) is 5.19. The first-order valence-corrected chi connectivity index (χ1v) is 8.28. The SMILES string of the molecule is CC1CC=CCC1COCC(O)CNC1(C)CCOC1C. The second-order valence-electron chi connectivity index (χ2n) is 6.93. The second-order valence-corrected chi connectivity index (χ2v) is 6.93. The van der Waals surface area contributed by atoms with E-state index in [1.54, 1.807) is 0 Å². The van der Waals surface area contributed by atoms with Crippen LogP contribution in [0.4, 0.5) is 0 Å². The molecule has 0 aromatic rings. The number of β-amino-alcohol motifs (C(OH)–C–C–N with tert-alkyl or cyclic N) is 1. The molecular weight excluding hydrogens is 266 g/mol. The zero-order chi connectivity index (χ0) is 15.3. The Balaban J connectivity index is 1.61. The number of hydrogen-bond acceptors (Lipinski definition) is 4. The van der Waals surface area contributed by atoms with Gasteiger partial charge in [-0.3, -0.25) is 0 Å². The highest BCUT2D eigenvalue weighted by atomic mass is 16.5. The first-order chi connectivity index (χ1) is 10.0. The monoisotopic (exact) mass is 297 g/mol. The van der Waals surface area contributed by atoms with Crippen molar-refractivity contribution in [1.82, 2.24) is 5.32 Å². The zero-order valence-electron chi connectivity index (χ0n) is 13.7. The summed E-state index contributed by atoms with van der Waals surface area (Å²) in [7, 11) is 0. The Morgan fingerprint density at radius 2 is 2.14 bits per heavy atom. The van der Waals surface area contributed by atoms with Gasteiger partial charge in [0, 0.05) is 18.7 Å². The largest absolute Gasteiger partial charge is 0.389 e. The number of allylic oxidation sites excluding steroid dienone is 2. The van der Waals surface area contributed by atoms with E-state index in [0.29, 0.717) is 25.0 Å². The van der Waals surface area contributed by atoms with Crippen LogP contribution in [0.1, 0.15) is 40.0 Å². The summed E-state index contributed by atoms with van der Waals surface area (Å²) in [6.45, 7) is 9.03. The third-order valence-electron chi connectivity index (χ3n) is 5.19. The van der Waals surface area contributed by atoms with Crippen LogP contribution in [0.3, 0.4) is 0 Å². The Morgan fingerprint density at radius 1 is 1.38 bits per heavy atom. The van der Waals surface area contributed by atoms with Gasteiger partial charge < -0.3 is 19.9 Å². The normalized spacial score (nSPS) is 37.8. The molecule has 1 heterocycles. The molecule has 0 aromatic carbocycles. The van der Waals surface area contributed by atoms with Crippen LogP contribution in [0.2, 0.25) is 0 Å². The Labute approximate surface area is 128 Å². The molecule has 0 spiro atoms. The Bertz CT molecular complexity index is 347. The van der Waals surface area contributed by atoms with Gasteiger partial charge in [-0.1, -0.05) is 19.1 Å². The highest BCUT2D eigenvalue weighted by Gasteiger charge is 2.36. The Morgan fingerprint density at radius 3 is 2.81 bits per heavy atom. The number of rotatable bonds is 7. The van der Waals surface area contributed by atoms with E-state index in [4.69, 9.17) is 9.47 Å². The van der Waals surface area contributed by atoms with Crippen molar-refractivity contribution in [2.75, 3.05) is 26.4 Å². The van der Waals surface area contributed by atoms with Crippen LogP contribution < -0.4 is 5.32 Å². The van der Waals surface area contributed by atoms with E-state index in [9.17, 15) is 5.11 Å². The summed E-state index contributed by atoms with van der Waals surface area (Å²) in [5.74, 6) is 1.27. The first kappa shape index (κ1) is 16.9. The van der Waals surface area contributed by atoms with Gasteiger partial charge in [0.15, 0.2) is 0 Å². The topological polar surface area (TPSA) is 50.7 Å². The number of ether oxygens (including phenoxy) is 2. The van der Waals surface area contributed by atoms with Gasteiger partial charge in [0.1, 0.15) is 0 Å². The fourth-order valence-corrected chi connectivity index (χ4v) is 3.07. The highest BCUT2D eigenvalue weighted by Crippen LogP contribution is 2.26. The van der Waals surface area contributed by atoms with E-state index < -0.39 is 6.10 Å². The van der Waals surface area contributed by atoms with Crippen LogP contribution in [0, 0.1) is 11.8 Å². The molecule has 0 radical (unpaired) electrons. The lowest BCUT2D eigenvalue weighted by Crippen LogP contribution is -2.50. The maximum absolute atomic E-state index is 10.1. The number of nitrogens with one attached hydrogen (secondary N) is 1. The van der Waals surface area contributed by atoms with Crippen molar-refractivity contribution in [1.29, 1.82) is 0 Å². The van der Waals surface area contributed by atoms with Gasteiger partial charge in [0.2, 0.25) is 0 Å². The molecule has 4 nitrogen and oxygen atoms in total. The molecule has 2 N–H and O–H groups in total. The van der Waals surface area contributed by atoms with Crippen LogP contribution in [-0.4, -0.2) is 49.2 Å². The van der Waals surface area contributed by atoms with Crippen molar-refractivity contribution in [3.05, 3.63) is 12.2 Å². The number of aliphatic hydroxyl groups is 1. The van der Waals surface area contributed by atoms with Gasteiger partial charge in [-0.2, -0.15) is 0 Å². The predicted octanol–water partition coefficient (Wildman–Crippen LogP) is 2.12. The molecule has 2 aliphatic rings. The summed E-state index contributed by atoms with van der Waals surface area (Å²) >= 11 is 0. The second kappa shape index (κ2) is 7.73. The molecule has 5 atom stereocenters. The van der Waals surface area contributed by atoms with Crippen molar-refractivity contribution >= 4 is 0 Å². The van der Waals surface area contributed by atoms with Gasteiger partial charge in [0.25, 0.3) is 0 Å². The van der Waals surface area contributed by atoms with Gasteiger partial charge >= 0.3 is 0 Å². The van der Waals surface area contributed by atoms with Gasteiger partial charge in [-0.05, 0) is 44.9 Å². The predicted molar refractivity (Wildman–Crippen MR) is 84.3 cm³/mol. The van der Waals surface area contributed by atoms with E-state index >= 15 is 0 Å². The molecule has 1 saturated heterocycles. The minimum atomic E-state index is -0.455. The van der Waals surface area contributed by atoms with Crippen molar-refractivity contribution in [2.45, 2.75) is 57.8 Å². The molecule has 0 amide bonds. The fourth-order valence-electron chi connectivity index (χ4n) is 3.07. The summed E-state index contributed by atoms with van der Waals surface area (Å²) in [4.78, 5) is 0. The van der Waals surface area contributed by atoms with Crippen LogP contribution in [0.15, 0.2) is 12.2 Å². The Kier molecular flexibility index (Phi) is 6.23. The molecule has 21 heavy (non-hydrogen) atoms. The van der Waals surface area contributed by atoms with Crippen LogP contribution in [0.5, 0.6) is 0 Å². The van der Waals surface area contributed by atoms with Gasteiger partial charge in [-0.15, -0.1) is 0 Å². The molecule has 1 aliphatic heterocycles. The van der Waals surface area contributed by atoms with Crippen LogP contribution in [-0.2, 0) is 9.47 Å². The molecule has 0 saturated carbocycles. The van der Waals surface area contributed by atoms with Gasteiger partial charge in [0.05, 0.1) is 25.4 Å². The molecule has 1 aliphatic carbocycles. The summed E-state index contributed by atoms with van der Waals surface area (Å²) in [5, 5.41) is 13.5. The number of aliphatic hydroxyl groups excluding tert-OH is 1. The van der Waals surface area contributed by atoms with E-state index in [2.05, 4.69) is 38.2 Å². The summed E-state index contributed by atoms with van der Waals surface area (Å²) in [6, 6.07) is 0. The molecular formula is C17H31NO3. The highest BCUT2D eigenvalue weighted by molar-refractivity contribution is 4.94. The maximum atomic E-state index is 10.1. The van der Waals surface area contributed by atoms with Crippen LogP contribution >= 0.6 is 0 Å². The van der Waals surface area contributed by atoms with E-state index in [1.165, 1.54) is 0 Å². The van der Waals surface area contributed by atoms with E-state index in [1.807, 2.05) is 0 Å². The smallest absolute Gasteiger partial charge is 0.0897 e. The molecule has 0 aromatic heterocycles. The lowest BCUT2D eigenvalue weighted by atomic mass is 9.85. The van der Waals surface area contributed by atoms with Crippen molar-refractivity contribution in [3.8, 4) is 0 Å². The average molecular weight is 297 g/mol. The lowest BCUT2D eigenvalue weighted by Gasteiger charge is -2.30. The summed E-state index contributed by atoms with van der Waals surface area (Å²) in [5.41, 5.74) is -0.0241. The molecule has 4 heteroatoms. The molecule has 0 bridgehead atoms. The fraction of sp³-hybridized carbons (Fsp3) is 0.882. The molecule has 1 fully saturated rings. The standard InChI is InChI=1S/C17H31NO3/c1-13-6-4-5-7-15(13)11-20-12-16(19)10-18-17(3)8-9-21-14(17)2/h4-5,13-16,18-19H,6-12H2,1-3H3. The first-order valence-electron chi connectivity index (χ1n) is 8.28. The van der Waals surface area contributed by atoms with Crippen molar-refractivity contribution < 1.29 is 14.6 Å². The van der Waals surface area contributed by atoms with E-state index in [-0.39, 0.29) is 11.6 Å². The van der Waals surface area contributed by atoms with Crippen molar-refractivity contribution in [2.24, 2.45) is 11.8 Å². The third kappa shape index (κ3) is 4.78. The minimum absolute atomic E-state index is 0.0241. The average Bonchev–Trinajstić information content (AvgIpc) is 2.79.